The van der Waals surface area contributed by atoms with E-state index in [2.05, 4.69) is 13.8 Å². The minimum atomic E-state index is -0.238. The van der Waals surface area contributed by atoms with E-state index < -0.39 is 0 Å². The van der Waals surface area contributed by atoms with Crippen LogP contribution in [0.15, 0.2) is 24.3 Å². The molecule has 1 rings (SSSR count). The topological polar surface area (TPSA) is 29.3 Å². The first kappa shape index (κ1) is 14.0. The van der Waals surface area contributed by atoms with Crippen molar-refractivity contribution in [2.45, 2.75) is 39.2 Å². The predicted molar refractivity (Wildman–Crippen MR) is 71.8 cm³/mol. The molecule has 2 N–H and O–H groups in total. The van der Waals surface area contributed by atoms with Crippen molar-refractivity contribution in [2.75, 3.05) is 18.0 Å². The zero-order valence-corrected chi connectivity index (χ0v) is 11.0. The molecule has 0 fully saturated rings. The number of hydrogen-bond donors (Lipinski definition) is 1. The van der Waals surface area contributed by atoms with E-state index in [4.69, 9.17) is 5.73 Å². The summed E-state index contributed by atoms with van der Waals surface area (Å²) in [6, 6.07) is 6.87. The zero-order valence-electron chi connectivity index (χ0n) is 11.0. The summed E-state index contributed by atoms with van der Waals surface area (Å²) in [5, 5.41) is 0. The molecular formula is C14H23FN2. The van der Waals surface area contributed by atoms with Crippen LogP contribution < -0.4 is 10.6 Å². The van der Waals surface area contributed by atoms with Crippen LogP contribution in [0.4, 0.5) is 10.1 Å². The van der Waals surface area contributed by atoms with E-state index in [9.17, 15) is 4.39 Å². The summed E-state index contributed by atoms with van der Waals surface area (Å²) in [5.74, 6) is -0.177. The lowest BCUT2D eigenvalue weighted by Crippen LogP contribution is -2.49. The van der Waals surface area contributed by atoms with Crippen molar-refractivity contribution >= 4 is 5.69 Å². The summed E-state index contributed by atoms with van der Waals surface area (Å²) >= 11 is 0. The molecule has 2 nitrogen and oxygen atoms in total. The Hall–Kier alpha value is -1.09. The zero-order chi connectivity index (χ0) is 12.9. The molecule has 17 heavy (non-hydrogen) atoms. The molecule has 0 aliphatic carbocycles. The second kappa shape index (κ2) is 6.01. The molecule has 0 heterocycles. The summed E-state index contributed by atoms with van der Waals surface area (Å²) < 4.78 is 13.7. The molecule has 3 heteroatoms. The first-order valence-corrected chi connectivity index (χ1v) is 6.34. The first-order valence-electron chi connectivity index (χ1n) is 6.34. The smallest absolute Gasteiger partial charge is 0.146 e. The van der Waals surface area contributed by atoms with Crippen molar-refractivity contribution in [3.05, 3.63) is 30.1 Å². The Labute approximate surface area is 104 Å². The quantitative estimate of drug-likeness (QED) is 0.824. The molecule has 0 spiro atoms. The standard InChI is InChI=1S/C14H23FN2/c1-4-14(16,5-2)11-17(6-3)13-10-8-7-9-12(13)15/h7-10H,4-6,11,16H2,1-3H3. The third kappa shape index (κ3) is 3.43. The molecule has 0 atom stereocenters. The third-order valence-corrected chi connectivity index (χ3v) is 3.49. The lowest BCUT2D eigenvalue weighted by atomic mass is 9.93. The van der Waals surface area contributed by atoms with Crippen molar-refractivity contribution in [3.63, 3.8) is 0 Å². The SMILES string of the molecule is CCN(CC(N)(CC)CC)c1ccccc1F. The average molecular weight is 238 g/mol. The van der Waals surface area contributed by atoms with Gasteiger partial charge in [-0.25, -0.2) is 4.39 Å². The molecule has 0 aliphatic heterocycles. The number of likely N-dealkylation sites (N-methyl/N-ethyl adjacent to an activating group) is 1. The molecule has 0 unspecified atom stereocenters. The van der Waals surface area contributed by atoms with Gasteiger partial charge in [0.1, 0.15) is 5.82 Å². The van der Waals surface area contributed by atoms with E-state index in [0.717, 1.165) is 19.4 Å². The van der Waals surface area contributed by atoms with Gasteiger partial charge >= 0.3 is 0 Å². The lowest BCUT2D eigenvalue weighted by Gasteiger charge is -2.35. The van der Waals surface area contributed by atoms with Gasteiger partial charge in [-0.1, -0.05) is 26.0 Å². The number of halogens is 1. The van der Waals surface area contributed by atoms with Crippen LogP contribution >= 0.6 is 0 Å². The van der Waals surface area contributed by atoms with E-state index in [-0.39, 0.29) is 11.4 Å². The second-order valence-corrected chi connectivity index (χ2v) is 4.54. The molecule has 0 amide bonds. The maximum absolute atomic E-state index is 13.7. The highest BCUT2D eigenvalue weighted by molar-refractivity contribution is 5.47. The van der Waals surface area contributed by atoms with Crippen molar-refractivity contribution < 1.29 is 4.39 Å². The molecule has 96 valence electrons. The summed E-state index contributed by atoms with van der Waals surface area (Å²) in [5.41, 5.74) is 6.70. The number of benzene rings is 1. The van der Waals surface area contributed by atoms with E-state index in [1.807, 2.05) is 24.0 Å². The fourth-order valence-corrected chi connectivity index (χ4v) is 1.93. The van der Waals surface area contributed by atoms with Gasteiger partial charge in [0.25, 0.3) is 0 Å². The first-order chi connectivity index (χ1) is 8.06. The average Bonchev–Trinajstić information content (AvgIpc) is 2.37. The third-order valence-electron chi connectivity index (χ3n) is 3.49. The van der Waals surface area contributed by atoms with Gasteiger partial charge in [-0.3, -0.25) is 0 Å². The molecule has 0 bridgehead atoms. The summed E-state index contributed by atoms with van der Waals surface area (Å²) in [6.07, 6.45) is 1.79. The number of nitrogens with two attached hydrogens (primary N) is 1. The minimum Gasteiger partial charge on any atom is -0.368 e. The van der Waals surface area contributed by atoms with Gasteiger partial charge in [0, 0.05) is 18.6 Å². The summed E-state index contributed by atoms with van der Waals surface area (Å²) in [4.78, 5) is 2.02. The van der Waals surface area contributed by atoms with E-state index >= 15 is 0 Å². The molecule has 0 saturated heterocycles. The molecule has 0 aliphatic rings. The highest BCUT2D eigenvalue weighted by Crippen LogP contribution is 2.22. The van der Waals surface area contributed by atoms with Crippen molar-refractivity contribution in [1.29, 1.82) is 0 Å². The van der Waals surface area contributed by atoms with Gasteiger partial charge in [-0.2, -0.15) is 0 Å². The van der Waals surface area contributed by atoms with Crippen LogP contribution in [-0.4, -0.2) is 18.6 Å². The van der Waals surface area contributed by atoms with Gasteiger partial charge in [0.15, 0.2) is 0 Å². The highest BCUT2D eigenvalue weighted by Gasteiger charge is 2.24. The van der Waals surface area contributed by atoms with Crippen molar-refractivity contribution in [1.82, 2.24) is 0 Å². The maximum atomic E-state index is 13.7. The van der Waals surface area contributed by atoms with Gasteiger partial charge in [0.05, 0.1) is 5.69 Å². The molecule has 0 aromatic heterocycles. The highest BCUT2D eigenvalue weighted by atomic mass is 19.1. The Morgan fingerprint density at radius 2 is 1.76 bits per heavy atom. The fraction of sp³-hybridized carbons (Fsp3) is 0.571. The van der Waals surface area contributed by atoms with Crippen molar-refractivity contribution in [3.8, 4) is 0 Å². The second-order valence-electron chi connectivity index (χ2n) is 4.54. The van der Waals surface area contributed by atoms with Crippen LogP contribution in [0.25, 0.3) is 0 Å². The normalized spacial score (nSPS) is 11.6. The van der Waals surface area contributed by atoms with Crippen LogP contribution in [-0.2, 0) is 0 Å². The van der Waals surface area contributed by atoms with Crippen LogP contribution in [0, 0.1) is 5.82 Å². The molecule has 0 saturated carbocycles. The number of rotatable bonds is 6. The van der Waals surface area contributed by atoms with Crippen LogP contribution in [0.1, 0.15) is 33.6 Å². The largest absolute Gasteiger partial charge is 0.368 e. The van der Waals surface area contributed by atoms with Crippen molar-refractivity contribution in [2.24, 2.45) is 5.73 Å². The lowest BCUT2D eigenvalue weighted by molar-refractivity contribution is 0.393. The Balaban J connectivity index is 2.90. The predicted octanol–water partition coefficient (Wildman–Crippen LogP) is 3.17. The van der Waals surface area contributed by atoms with Gasteiger partial charge < -0.3 is 10.6 Å². The Bertz CT molecular complexity index is 348. The molecular weight excluding hydrogens is 215 g/mol. The Morgan fingerprint density at radius 3 is 2.24 bits per heavy atom. The van der Waals surface area contributed by atoms with Crippen LogP contribution in [0.5, 0.6) is 0 Å². The number of para-hydroxylation sites is 1. The number of hydrogen-bond acceptors (Lipinski definition) is 2. The summed E-state index contributed by atoms with van der Waals surface area (Å²) in [6.45, 7) is 7.65. The number of anilines is 1. The monoisotopic (exact) mass is 238 g/mol. The fourth-order valence-electron chi connectivity index (χ4n) is 1.93. The molecule has 1 aromatic rings. The number of nitrogens with zero attached hydrogens (tertiary/aromatic N) is 1. The van der Waals surface area contributed by atoms with Gasteiger partial charge in [-0.05, 0) is 31.9 Å². The van der Waals surface area contributed by atoms with Crippen LogP contribution in [0.3, 0.4) is 0 Å². The molecule has 1 aromatic carbocycles. The molecule has 0 radical (unpaired) electrons. The van der Waals surface area contributed by atoms with E-state index in [1.165, 1.54) is 6.07 Å². The van der Waals surface area contributed by atoms with E-state index in [1.54, 1.807) is 6.07 Å². The van der Waals surface area contributed by atoms with Crippen LogP contribution in [0.2, 0.25) is 0 Å². The minimum absolute atomic E-state index is 0.177. The van der Waals surface area contributed by atoms with E-state index in [0.29, 0.717) is 12.2 Å². The van der Waals surface area contributed by atoms with Gasteiger partial charge in [-0.15, -0.1) is 0 Å². The summed E-state index contributed by atoms with van der Waals surface area (Å²) in [7, 11) is 0. The van der Waals surface area contributed by atoms with Gasteiger partial charge in [0.2, 0.25) is 0 Å². The maximum Gasteiger partial charge on any atom is 0.146 e. The Kier molecular flexibility index (Phi) is 4.94. The Morgan fingerprint density at radius 1 is 1.18 bits per heavy atom.